The molecular weight excluding hydrogens is 524 g/mol. The van der Waals surface area contributed by atoms with Crippen molar-refractivity contribution in [3.63, 3.8) is 0 Å². The maximum absolute atomic E-state index is 5.25. The van der Waals surface area contributed by atoms with Gasteiger partial charge in [-0.15, -0.1) is 0 Å². The number of hydrogen-bond donors (Lipinski definition) is 0. The molecular formula is C39H34N4. The van der Waals surface area contributed by atoms with Gasteiger partial charge < -0.3 is 0 Å². The van der Waals surface area contributed by atoms with E-state index < -0.39 is 0 Å². The van der Waals surface area contributed by atoms with Crippen LogP contribution in [0.5, 0.6) is 0 Å². The number of hydrogen-bond acceptors (Lipinski definition) is 4. The number of rotatable bonds is 3. The normalized spacial score (nSPS) is 17.3. The van der Waals surface area contributed by atoms with E-state index in [-0.39, 0.29) is 10.8 Å². The molecule has 5 aromatic rings. The first-order valence-corrected chi connectivity index (χ1v) is 15.2. The van der Waals surface area contributed by atoms with E-state index >= 15 is 0 Å². The Balaban J connectivity index is 1.47. The molecule has 0 bridgehead atoms. The van der Waals surface area contributed by atoms with Crippen LogP contribution in [0.4, 0.5) is 11.6 Å². The van der Waals surface area contributed by atoms with Crippen molar-refractivity contribution in [1.29, 1.82) is 0 Å². The van der Waals surface area contributed by atoms with Gasteiger partial charge in [0.05, 0.1) is 5.69 Å². The molecule has 0 spiro atoms. The fourth-order valence-electron chi connectivity index (χ4n) is 7.46. The van der Waals surface area contributed by atoms with E-state index in [1.54, 1.807) is 0 Å². The van der Waals surface area contributed by atoms with Gasteiger partial charge in [0.1, 0.15) is 0 Å². The van der Waals surface area contributed by atoms with Crippen LogP contribution in [0.2, 0.25) is 0 Å². The quantitative estimate of drug-likeness (QED) is 0.221. The van der Waals surface area contributed by atoms with Crippen LogP contribution < -0.4 is 4.90 Å². The Labute approximate surface area is 253 Å². The van der Waals surface area contributed by atoms with Gasteiger partial charge >= 0.3 is 0 Å². The summed E-state index contributed by atoms with van der Waals surface area (Å²) in [6.45, 7) is 9.50. The average Bonchev–Trinajstić information content (AvgIpc) is 3.28. The highest BCUT2D eigenvalue weighted by Gasteiger charge is 2.46. The number of benzene rings is 4. The Morgan fingerprint density at radius 1 is 0.605 bits per heavy atom. The number of aromatic nitrogens is 3. The molecule has 0 radical (unpaired) electrons. The minimum Gasteiger partial charge on any atom is -0.278 e. The summed E-state index contributed by atoms with van der Waals surface area (Å²) in [6, 6.07) is 34.1. The SMILES string of the molecule is CC1(C)C2=C(C=CCC2)N(c2nc(-c3ccccc3)nc(-c3ccccc3)n2)c2c1ccc1c2C(C)(C)c2ccccc2-1. The molecule has 2 heterocycles. The van der Waals surface area contributed by atoms with Gasteiger partial charge in [0, 0.05) is 27.7 Å². The molecule has 0 N–H and O–H groups in total. The molecule has 8 rings (SSSR count). The van der Waals surface area contributed by atoms with Gasteiger partial charge in [-0.05, 0) is 52.3 Å². The Morgan fingerprint density at radius 3 is 1.91 bits per heavy atom. The molecule has 210 valence electrons. The molecule has 0 saturated heterocycles. The van der Waals surface area contributed by atoms with Gasteiger partial charge in [0.2, 0.25) is 5.95 Å². The summed E-state index contributed by atoms with van der Waals surface area (Å²) in [6.07, 6.45) is 6.65. The lowest BCUT2D eigenvalue weighted by Crippen LogP contribution is -2.37. The second kappa shape index (κ2) is 9.34. The Bertz CT molecular complexity index is 1910. The fourth-order valence-corrected chi connectivity index (χ4v) is 7.46. The van der Waals surface area contributed by atoms with Gasteiger partial charge in [-0.1, -0.05) is 131 Å². The van der Waals surface area contributed by atoms with Crippen molar-refractivity contribution in [2.75, 3.05) is 4.90 Å². The van der Waals surface area contributed by atoms with Crippen LogP contribution in [0, 0.1) is 0 Å². The summed E-state index contributed by atoms with van der Waals surface area (Å²) >= 11 is 0. The lowest BCUT2D eigenvalue weighted by atomic mass is 9.68. The van der Waals surface area contributed by atoms with Gasteiger partial charge in [0.15, 0.2) is 11.6 Å². The van der Waals surface area contributed by atoms with E-state index in [4.69, 9.17) is 15.0 Å². The molecule has 1 aromatic heterocycles. The van der Waals surface area contributed by atoms with Crippen LogP contribution in [-0.2, 0) is 10.8 Å². The minimum absolute atomic E-state index is 0.136. The van der Waals surface area contributed by atoms with Crippen molar-refractivity contribution in [1.82, 2.24) is 15.0 Å². The molecule has 0 saturated carbocycles. The molecule has 4 heteroatoms. The first-order valence-electron chi connectivity index (χ1n) is 15.2. The topological polar surface area (TPSA) is 41.9 Å². The van der Waals surface area contributed by atoms with Crippen LogP contribution in [-0.4, -0.2) is 15.0 Å². The lowest BCUT2D eigenvalue weighted by Gasteiger charge is -2.45. The smallest absolute Gasteiger partial charge is 0.238 e. The van der Waals surface area contributed by atoms with E-state index in [0.717, 1.165) is 24.0 Å². The summed E-state index contributed by atoms with van der Waals surface area (Å²) in [4.78, 5) is 17.9. The van der Waals surface area contributed by atoms with E-state index in [1.807, 2.05) is 36.4 Å². The van der Waals surface area contributed by atoms with Crippen LogP contribution in [0.3, 0.4) is 0 Å². The van der Waals surface area contributed by atoms with Gasteiger partial charge in [-0.3, -0.25) is 4.90 Å². The third kappa shape index (κ3) is 3.79. The zero-order chi connectivity index (χ0) is 29.3. The highest BCUT2D eigenvalue weighted by atomic mass is 15.3. The fraction of sp³-hybridized carbons (Fsp3) is 0.205. The Morgan fingerprint density at radius 2 is 1.23 bits per heavy atom. The molecule has 0 amide bonds. The number of nitrogens with zero attached hydrogens (tertiary/aromatic N) is 4. The number of fused-ring (bicyclic) bond motifs is 5. The van der Waals surface area contributed by atoms with E-state index in [0.29, 0.717) is 17.6 Å². The molecule has 4 nitrogen and oxygen atoms in total. The van der Waals surface area contributed by atoms with E-state index in [2.05, 4.69) is 105 Å². The second-order valence-corrected chi connectivity index (χ2v) is 12.8. The van der Waals surface area contributed by atoms with Gasteiger partial charge in [-0.25, -0.2) is 4.98 Å². The minimum atomic E-state index is -0.195. The molecule has 43 heavy (non-hydrogen) atoms. The molecule has 1 aliphatic heterocycles. The van der Waals surface area contributed by atoms with Crippen molar-refractivity contribution < 1.29 is 0 Å². The zero-order valence-electron chi connectivity index (χ0n) is 25.1. The predicted octanol–water partition coefficient (Wildman–Crippen LogP) is 9.55. The van der Waals surface area contributed by atoms with Crippen LogP contribution in [0.1, 0.15) is 57.2 Å². The molecule has 4 aromatic carbocycles. The zero-order valence-corrected chi connectivity index (χ0v) is 25.1. The molecule has 0 atom stereocenters. The van der Waals surface area contributed by atoms with E-state index in [9.17, 15) is 0 Å². The van der Waals surface area contributed by atoms with Crippen LogP contribution in [0.15, 0.2) is 120 Å². The van der Waals surface area contributed by atoms with Crippen molar-refractivity contribution in [3.05, 3.63) is 137 Å². The van der Waals surface area contributed by atoms with Crippen molar-refractivity contribution >= 4 is 11.6 Å². The predicted molar refractivity (Wildman–Crippen MR) is 175 cm³/mol. The average molecular weight is 559 g/mol. The maximum atomic E-state index is 5.25. The van der Waals surface area contributed by atoms with Crippen LogP contribution >= 0.6 is 0 Å². The summed E-state index contributed by atoms with van der Waals surface area (Å²) in [7, 11) is 0. The molecule has 3 aliphatic rings. The third-order valence-corrected chi connectivity index (χ3v) is 9.62. The molecule has 0 unspecified atom stereocenters. The summed E-state index contributed by atoms with van der Waals surface area (Å²) in [5.74, 6) is 2.00. The monoisotopic (exact) mass is 558 g/mol. The molecule has 0 fully saturated rings. The van der Waals surface area contributed by atoms with Crippen molar-refractivity contribution in [2.45, 2.75) is 51.4 Å². The third-order valence-electron chi connectivity index (χ3n) is 9.62. The largest absolute Gasteiger partial charge is 0.278 e. The first kappa shape index (κ1) is 25.8. The standard InChI is InChI=1S/C39H34N4/c1-38(2)30-21-13-14-22-32(30)43(34-31(38)24-23-28-27-19-11-12-20-29(27)39(3,4)33(28)34)37-41-35(25-15-7-5-8-16-25)40-36(42-37)26-17-9-6-10-18-26/h5-12,14-20,22-24H,13,21H2,1-4H3. The number of allylic oxidation sites excluding steroid dienone is 3. The highest BCUT2D eigenvalue weighted by Crippen LogP contribution is 2.59. The second-order valence-electron chi connectivity index (χ2n) is 12.8. The van der Waals surface area contributed by atoms with E-state index in [1.165, 1.54) is 44.8 Å². The molecule has 2 aliphatic carbocycles. The summed E-state index contributed by atoms with van der Waals surface area (Å²) in [5.41, 5.74) is 12.1. The van der Waals surface area contributed by atoms with Crippen molar-refractivity contribution in [2.24, 2.45) is 0 Å². The Kier molecular flexibility index (Phi) is 5.61. The van der Waals surface area contributed by atoms with Crippen molar-refractivity contribution in [3.8, 4) is 33.9 Å². The van der Waals surface area contributed by atoms with Gasteiger partial charge in [0.25, 0.3) is 0 Å². The van der Waals surface area contributed by atoms with Gasteiger partial charge in [-0.2, -0.15) is 9.97 Å². The van der Waals surface area contributed by atoms with Crippen LogP contribution in [0.25, 0.3) is 33.9 Å². The first-order chi connectivity index (χ1) is 20.9. The Hall–Kier alpha value is -4.83. The summed E-state index contributed by atoms with van der Waals surface area (Å²) < 4.78 is 0. The number of anilines is 2. The lowest BCUT2D eigenvalue weighted by molar-refractivity contribution is 0.563. The highest BCUT2D eigenvalue weighted by molar-refractivity contribution is 5.92. The maximum Gasteiger partial charge on any atom is 0.238 e. The summed E-state index contributed by atoms with van der Waals surface area (Å²) in [5, 5.41) is 0.